The van der Waals surface area contributed by atoms with Gasteiger partial charge in [-0.1, -0.05) is 42.1 Å². The summed E-state index contributed by atoms with van der Waals surface area (Å²) in [5.74, 6) is 0.110. The quantitative estimate of drug-likeness (QED) is 0.378. The molecule has 0 bridgehead atoms. The minimum atomic E-state index is -0.259. The van der Waals surface area contributed by atoms with E-state index >= 15 is 0 Å². The van der Waals surface area contributed by atoms with Crippen molar-refractivity contribution >= 4 is 40.0 Å². The Labute approximate surface area is 164 Å². The Kier molecular flexibility index (Phi) is 4.94. The summed E-state index contributed by atoms with van der Waals surface area (Å²) in [6, 6.07) is 14.7. The molecule has 0 aliphatic carbocycles. The summed E-state index contributed by atoms with van der Waals surface area (Å²) in [6.45, 7) is 1.46. The van der Waals surface area contributed by atoms with Gasteiger partial charge in [0.2, 0.25) is 5.91 Å². The topological polar surface area (TPSA) is 101 Å². The number of nitrogens with one attached hydrogen (secondary N) is 2. The highest BCUT2D eigenvalue weighted by atomic mass is 32.2. The number of anilines is 1. The maximum Gasteiger partial charge on any atom is 0.277 e. The van der Waals surface area contributed by atoms with Crippen LogP contribution >= 0.6 is 11.8 Å². The largest absolute Gasteiger partial charge is 0.411 e. The predicted octanol–water partition coefficient (Wildman–Crippen LogP) is 4.15. The monoisotopic (exact) mass is 392 g/mol. The average molecular weight is 392 g/mol. The number of amides is 1. The fourth-order valence-electron chi connectivity index (χ4n) is 2.84. The summed E-state index contributed by atoms with van der Waals surface area (Å²) in [7, 11) is 0. The molecular weight excluding hydrogens is 376 g/mol. The van der Waals surface area contributed by atoms with Gasteiger partial charge in [0, 0.05) is 22.7 Å². The van der Waals surface area contributed by atoms with E-state index in [0.29, 0.717) is 22.4 Å². The van der Waals surface area contributed by atoms with Crippen molar-refractivity contribution in [2.75, 3.05) is 11.1 Å². The third kappa shape index (κ3) is 3.67. The molecule has 2 N–H and O–H groups in total. The van der Waals surface area contributed by atoms with Gasteiger partial charge in [0.05, 0.1) is 17.0 Å². The number of nitrogens with zero attached hydrogens (tertiary/aromatic N) is 2. The van der Waals surface area contributed by atoms with Crippen LogP contribution in [0.15, 0.2) is 64.4 Å². The van der Waals surface area contributed by atoms with Crippen molar-refractivity contribution in [2.45, 2.75) is 12.1 Å². The molecule has 0 fully saturated rings. The van der Waals surface area contributed by atoms with Crippen LogP contribution in [-0.2, 0) is 4.79 Å². The smallest absolute Gasteiger partial charge is 0.277 e. The maximum atomic E-state index is 12.2. The van der Waals surface area contributed by atoms with E-state index in [2.05, 4.69) is 20.5 Å². The van der Waals surface area contributed by atoms with Crippen molar-refractivity contribution in [3.05, 3.63) is 60.3 Å². The summed E-state index contributed by atoms with van der Waals surface area (Å²) in [6.07, 6.45) is 1.82. The molecule has 2 aromatic heterocycles. The first-order valence-corrected chi connectivity index (χ1v) is 9.53. The third-order valence-electron chi connectivity index (χ3n) is 4.13. The highest BCUT2D eigenvalue weighted by Gasteiger charge is 2.15. The maximum absolute atomic E-state index is 12.2. The number of fused-ring (bicyclic) bond motifs is 1. The van der Waals surface area contributed by atoms with E-state index in [1.54, 1.807) is 24.3 Å². The van der Waals surface area contributed by atoms with E-state index in [1.807, 2.05) is 30.5 Å². The van der Waals surface area contributed by atoms with Gasteiger partial charge in [-0.05, 0) is 25.1 Å². The molecule has 0 aliphatic heterocycles. The number of carbonyl (C=O) groups is 2. The molecule has 0 aliphatic rings. The number of ketones is 1. The molecule has 1 amide bonds. The van der Waals surface area contributed by atoms with Gasteiger partial charge in [0.1, 0.15) is 0 Å². The number of hydrogen-bond acceptors (Lipinski definition) is 6. The van der Waals surface area contributed by atoms with Crippen LogP contribution in [0.5, 0.6) is 0 Å². The van der Waals surface area contributed by atoms with E-state index < -0.39 is 0 Å². The fraction of sp³-hybridized carbons (Fsp3) is 0.100. The molecule has 4 rings (SSSR count). The Morgan fingerprint density at radius 3 is 2.75 bits per heavy atom. The van der Waals surface area contributed by atoms with Gasteiger partial charge in [-0.2, -0.15) is 0 Å². The zero-order valence-corrected chi connectivity index (χ0v) is 15.7. The van der Waals surface area contributed by atoms with E-state index in [9.17, 15) is 9.59 Å². The summed E-state index contributed by atoms with van der Waals surface area (Å²) in [5.41, 5.74) is 2.76. The van der Waals surface area contributed by atoms with Crippen LogP contribution < -0.4 is 5.32 Å². The zero-order chi connectivity index (χ0) is 19.5. The summed E-state index contributed by atoms with van der Waals surface area (Å²) >= 11 is 1.14. The van der Waals surface area contributed by atoms with E-state index in [-0.39, 0.29) is 17.4 Å². The van der Waals surface area contributed by atoms with Crippen molar-refractivity contribution in [2.24, 2.45) is 0 Å². The summed E-state index contributed by atoms with van der Waals surface area (Å²) in [4.78, 5) is 27.0. The molecule has 140 valence electrons. The first kappa shape index (κ1) is 18.0. The van der Waals surface area contributed by atoms with Gasteiger partial charge < -0.3 is 14.7 Å². The zero-order valence-electron chi connectivity index (χ0n) is 14.9. The molecule has 7 nitrogen and oxygen atoms in total. The van der Waals surface area contributed by atoms with Gasteiger partial charge in [-0.25, -0.2) is 0 Å². The molecule has 0 atom stereocenters. The lowest BCUT2D eigenvalue weighted by Gasteiger charge is -2.07. The lowest BCUT2D eigenvalue weighted by molar-refractivity contribution is -0.113. The van der Waals surface area contributed by atoms with Crippen LogP contribution in [-0.4, -0.2) is 32.6 Å². The van der Waals surface area contributed by atoms with Crippen molar-refractivity contribution < 1.29 is 14.0 Å². The van der Waals surface area contributed by atoms with Crippen LogP contribution in [0.1, 0.15) is 17.3 Å². The van der Waals surface area contributed by atoms with Gasteiger partial charge >= 0.3 is 0 Å². The second-order valence-electron chi connectivity index (χ2n) is 6.06. The SMILES string of the molecule is CC(=O)c1ccccc1NC(=O)CSc1nnc(-c2c[nH]c3ccccc23)o1. The number of benzene rings is 2. The van der Waals surface area contributed by atoms with Crippen molar-refractivity contribution in [1.29, 1.82) is 0 Å². The van der Waals surface area contributed by atoms with Crippen LogP contribution in [0.3, 0.4) is 0 Å². The predicted molar refractivity (Wildman–Crippen MR) is 107 cm³/mol. The van der Waals surface area contributed by atoms with Crippen LogP contribution in [0.4, 0.5) is 5.69 Å². The summed E-state index contributed by atoms with van der Waals surface area (Å²) < 4.78 is 5.69. The van der Waals surface area contributed by atoms with Gasteiger partial charge in [-0.15, -0.1) is 10.2 Å². The average Bonchev–Trinajstić information content (AvgIpc) is 3.33. The molecule has 28 heavy (non-hydrogen) atoms. The second-order valence-corrected chi connectivity index (χ2v) is 6.99. The molecular formula is C20H16N4O3S. The number of aromatic nitrogens is 3. The Morgan fingerprint density at radius 2 is 1.89 bits per heavy atom. The van der Waals surface area contributed by atoms with Crippen molar-refractivity contribution in [3.8, 4) is 11.5 Å². The van der Waals surface area contributed by atoms with Crippen molar-refractivity contribution in [3.63, 3.8) is 0 Å². The van der Waals surface area contributed by atoms with Crippen LogP contribution in [0, 0.1) is 0 Å². The Bertz CT molecular complexity index is 1160. The standard InChI is InChI=1S/C20H16N4O3S/c1-12(25)13-6-2-5-9-17(13)22-18(26)11-28-20-24-23-19(27-20)15-10-21-16-8-4-3-7-14(15)16/h2-10,21H,11H2,1H3,(H,22,26). The molecule has 2 aromatic carbocycles. The highest BCUT2D eigenvalue weighted by Crippen LogP contribution is 2.29. The molecule has 0 saturated carbocycles. The molecule has 0 spiro atoms. The molecule has 0 radical (unpaired) electrons. The summed E-state index contributed by atoms with van der Waals surface area (Å²) in [5, 5.41) is 12.1. The molecule has 8 heteroatoms. The van der Waals surface area contributed by atoms with Crippen molar-refractivity contribution in [1.82, 2.24) is 15.2 Å². The normalized spacial score (nSPS) is 10.9. The fourth-order valence-corrected chi connectivity index (χ4v) is 3.40. The Balaban J connectivity index is 1.42. The number of rotatable bonds is 6. The van der Waals surface area contributed by atoms with Gasteiger partial charge in [0.15, 0.2) is 5.78 Å². The van der Waals surface area contributed by atoms with Gasteiger partial charge in [-0.3, -0.25) is 9.59 Å². The number of aromatic amines is 1. The van der Waals surface area contributed by atoms with Crippen LogP contribution in [0.2, 0.25) is 0 Å². The van der Waals surface area contributed by atoms with Crippen LogP contribution in [0.25, 0.3) is 22.4 Å². The van der Waals surface area contributed by atoms with E-state index in [4.69, 9.17) is 4.42 Å². The lowest BCUT2D eigenvalue weighted by Crippen LogP contribution is -2.16. The highest BCUT2D eigenvalue weighted by molar-refractivity contribution is 7.99. The number of Topliss-reactive ketones (excluding diaryl/α,β-unsaturated/α-hetero) is 1. The number of carbonyl (C=O) groups excluding carboxylic acids is 2. The van der Waals surface area contributed by atoms with Gasteiger partial charge in [0.25, 0.3) is 11.1 Å². The number of thioether (sulfide) groups is 1. The minimum absolute atomic E-state index is 0.0851. The van der Waals surface area contributed by atoms with E-state index in [1.165, 1.54) is 6.92 Å². The second kappa shape index (κ2) is 7.69. The molecule has 2 heterocycles. The number of H-pyrrole nitrogens is 1. The first-order valence-electron chi connectivity index (χ1n) is 8.54. The first-order chi connectivity index (χ1) is 13.6. The number of para-hydroxylation sites is 2. The minimum Gasteiger partial charge on any atom is -0.411 e. The Morgan fingerprint density at radius 1 is 1.11 bits per heavy atom. The number of hydrogen-bond donors (Lipinski definition) is 2. The molecule has 0 unspecified atom stereocenters. The Hall–Kier alpha value is -3.39. The van der Waals surface area contributed by atoms with E-state index in [0.717, 1.165) is 28.2 Å². The molecule has 4 aromatic rings. The third-order valence-corrected chi connectivity index (χ3v) is 4.95. The molecule has 0 saturated heterocycles. The lowest BCUT2D eigenvalue weighted by atomic mass is 10.1.